The lowest BCUT2D eigenvalue weighted by Gasteiger charge is -2.06. The fourth-order valence-electron chi connectivity index (χ4n) is 1.91. The summed E-state index contributed by atoms with van der Waals surface area (Å²) in [7, 11) is 1.65. The van der Waals surface area contributed by atoms with Crippen LogP contribution in [0.1, 0.15) is 5.56 Å². The first-order valence-corrected chi connectivity index (χ1v) is 8.65. The topological polar surface area (TPSA) is 35.0 Å². The Kier molecular flexibility index (Phi) is 4.05. The van der Waals surface area contributed by atoms with Crippen LogP contribution in [-0.4, -0.2) is 17.1 Å². The Hall–Kier alpha value is -0.980. The van der Waals surface area contributed by atoms with Gasteiger partial charge in [-0.05, 0) is 45.1 Å². The molecule has 0 fully saturated rings. The van der Waals surface area contributed by atoms with Crippen LogP contribution in [0.25, 0.3) is 21.6 Å². The van der Waals surface area contributed by atoms with Gasteiger partial charge >= 0.3 is 0 Å². The molecule has 0 aliphatic heterocycles. The lowest BCUT2D eigenvalue weighted by atomic mass is 10.2. The third-order valence-electron chi connectivity index (χ3n) is 2.94. The lowest BCUT2D eigenvalue weighted by molar-refractivity contribution is 0.412. The highest BCUT2D eigenvalue weighted by molar-refractivity contribution is 9.10. The Labute approximate surface area is 137 Å². The number of halogens is 2. The van der Waals surface area contributed by atoms with Crippen LogP contribution < -0.4 is 4.74 Å². The van der Waals surface area contributed by atoms with Crippen molar-refractivity contribution in [2.75, 3.05) is 7.11 Å². The number of nitrogens with zero attached hydrogens (tertiary/aromatic N) is 2. The minimum atomic E-state index is 0.712. The quantitative estimate of drug-likeness (QED) is 0.565. The minimum absolute atomic E-state index is 0.712. The molecular weight excluding hydrogens is 404 g/mol. The lowest BCUT2D eigenvalue weighted by Crippen LogP contribution is -1.91. The van der Waals surface area contributed by atoms with E-state index in [0.717, 1.165) is 31.3 Å². The van der Waals surface area contributed by atoms with E-state index < -0.39 is 0 Å². The van der Waals surface area contributed by atoms with Crippen LogP contribution in [0.3, 0.4) is 0 Å². The van der Waals surface area contributed by atoms with Crippen LogP contribution in [0, 0.1) is 0 Å². The van der Waals surface area contributed by atoms with Crippen LogP contribution in [0.4, 0.5) is 0 Å². The predicted molar refractivity (Wildman–Crippen MR) is 89.7 cm³/mol. The van der Waals surface area contributed by atoms with Crippen molar-refractivity contribution < 1.29 is 4.74 Å². The number of methoxy groups -OCH3 is 1. The zero-order chi connectivity index (χ0) is 14.1. The second-order valence-electron chi connectivity index (χ2n) is 4.15. The molecule has 3 nitrogen and oxygen atoms in total. The van der Waals surface area contributed by atoms with Crippen molar-refractivity contribution in [2.24, 2.45) is 0 Å². The van der Waals surface area contributed by atoms with Crippen molar-refractivity contribution in [2.45, 2.75) is 5.33 Å². The molecule has 0 aliphatic carbocycles. The number of thiophene rings is 1. The second-order valence-corrected chi connectivity index (χ2v) is 6.48. The van der Waals surface area contributed by atoms with Crippen LogP contribution in [0.15, 0.2) is 34.2 Å². The van der Waals surface area contributed by atoms with E-state index in [-0.39, 0.29) is 0 Å². The Balaban J connectivity index is 2.14. The first-order valence-electron chi connectivity index (χ1n) is 5.86. The largest absolute Gasteiger partial charge is 0.496 e. The van der Waals surface area contributed by atoms with Crippen molar-refractivity contribution in [3.05, 3.63) is 39.8 Å². The van der Waals surface area contributed by atoms with Gasteiger partial charge in [0.15, 0.2) is 5.82 Å². The fraction of sp³-hybridized carbons (Fsp3) is 0.143. The number of hydrogen-bond donors (Lipinski definition) is 0. The monoisotopic (exact) mass is 412 g/mol. The summed E-state index contributed by atoms with van der Waals surface area (Å²) < 4.78 is 7.34. The number of fused-ring (bicyclic) bond motifs is 1. The van der Waals surface area contributed by atoms with Crippen LogP contribution in [-0.2, 0) is 5.33 Å². The van der Waals surface area contributed by atoms with Crippen molar-refractivity contribution in [3.63, 3.8) is 0 Å². The van der Waals surface area contributed by atoms with Crippen LogP contribution >= 0.6 is 43.2 Å². The Morgan fingerprint density at radius 2 is 2.20 bits per heavy atom. The maximum Gasteiger partial charge on any atom is 0.159 e. The smallest absolute Gasteiger partial charge is 0.159 e. The van der Waals surface area contributed by atoms with Gasteiger partial charge in [-0.2, -0.15) is 0 Å². The van der Waals surface area contributed by atoms with Gasteiger partial charge in [0.1, 0.15) is 5.75 Å². The van der Waals surface area contributed by atoms with Gasteiger partial charge in [-0.3, -0.25) is 0 Å². The molecule has 0 N–H and O–H groups in total. The van der Waals surface area contributed by atoms with Gasteiger partial charge in [-0.1, -0.05) is 15.9 Å². The van der Waals surface area contributed by atoms with E-state index in [1.165, 1.54) is 5.56 Å². The Bertz CT molecular complexity index is 773. The maximum absolute atomic E-state index is 5.32. The van der Waals surface area contributed by atoms with Gasteiger partial charge in [0, 0.05) is 17.1 Å². The number of rotatable bonds is 3. The van der Waals surface area contributed by atoms with Gasteiger partial charge in [0.2, 0.25) is 0 Å². The highest BCUT2D eigenvalue weighted by atomic mass is 79.9. The normalized spacial score (nSPS) is 10.9. The van der Waals surface area contributed by atoms with Gasteiger partial charge in [0.05, 0.1) is 21.8 Å². The summed E-state index contributed by atoms with van der Waals surface area (Å²) in [5, 5.41) is 2.91. The zero-order valence-corrected chi connectivity index (χ0v) is 14.5. The third kappa shape index (κ3) is 2.47. The van der Waals surface area contributed by atoms with Crippen LogP contribution in [0.5, 0.6) is 5.75 Å². The number of benzene rings is 1. The molecule has 0 amide bonds. The summed E-state index contributed by atoms with van der Waals surface area (Å²) in [6.07, 6.45) is 1.88. The van der Waals surface area contributed by atoms with Crippen LogP contribution in [0.2, 0.25) is 0 Å². The molecule has 0 radical (unpaired) electrons. The molecule has 2 aromatic heterocycles. The summed E-state index contributed by atoms with van der Waals surface area (Å²) >= 11 is 8.61. The number of aromatic nitrogens is 2. The number of alkyl halides is 1. The Morgan fingerprint density at radius 3 is 2.95 bits per heavy atom. The SMILES string of the molecule is COc1cc(-c2ncc3scc(CBr)c3n2)ccc1Br. The fourth-order valence-corrected chi connectivity index (χ4v) is 3.83. The summed E-state index contributed by atoms with van der Waals surface area (Å²) in [6, 6.07) is 5.86. The zero-order valence-electron chi connectivity index (χ0n) is 10.6. The summed E-state index contributed by atoms with van der Waals surface area (Å²) in [6.45, 7) is 0. The van der Waals surface area contributed by atoms with E-state index in [1.807, 2.05) is 24.4 Å². The highest BCUT2D eigenvalue weighted by Crippen LogP contribution is 2.31. The molecule has 0 spiro atoms. The van der Waals surface area contributed by atoms with E-state index >= 15 is 0 Å². The predicted octanol–water partition coefficient (Wildman–Crippen LogP) is 5.02. The van der Waals surface area contributed by atoms with Crippen molar-refractivity contribution in [3.8, 4) is 17.1 Å². The highest BCUT2D eigenvalue weighted by Gasteiger charge is 2.10. The summed E-state index contributed by atoms with van der Waals surface area (Å²) in [4.78, 5) is 9.12. The average molecular weight is 414 g/mol. The molecule has 20 heavy (non-hydrogen) atoms. The van der Waals surface area contributed by atoms with E-state index in [1.54, 1.807) is 18.4 Å². The minimum Gasteiger partial charge on any atom is -0.496 e. The van der Waals surface area contributed by atoms with Gasteiger partial charge < -0.3 is 4.74 Å². The number of ether oxygens (including phenoxy) is 1. The molecule has 0 unspecified atom stereocenters. The molecule has 3 rings (SSSR count). The van der Waals surface area contributed by atoms with E-state index in [9.17, 15) is 0 Å². The molecular formula is C14H10Br2N2OS. The molecule has 0 bridgehead atoms. The van der Waals surface area contributed by atoms with Gasteiger partial charge in [0.25, 0.3) is 0 Å². The van der Waals surface area contributed by atoms with E-state index in [4.69, 9.17) is 4.74 Å². The van der Waals surface area contributed by atoms with E-state index in [0.29, 0.717) is 5.82 Å². The van der Waals surface area contributed by atoms with E-state index in [2.05, 4.69) is 47.2 Å². The molecule has 0 saturated heterocycles. The molecule has 102 valence electrons. The molecule has 0 atom stereocenters. The molecule has 0 saturated carbocycles. The first kappa shape index (κ1) is 14.0. The second kappa shape index (κ2) is 5.79. The summed E-state index contributed by atoms with van der Waals surface area (Å²) in [5.74, 6) is 1.49. The standard InChI is InChI=1S/C14H10Br2N2OS/c1-19-11-4-8(2-3-10(11)16)14-17-6-12-13(18-14)9(5-15)7-20-12/h2-4,6-7H,5H2,1H3. The van der Waals surface area contributed by atoms with Crippen molar-refractivity contribution >= 4 is 53.4 Å². The molecule has 2 heterocycles. The van der Waals surface area contributed by atoms with Gasteiger partial charge in [-0.15, -0.1) is 11.3 Å². The molecule has 1 aromatic carbocycles. The molecule has 3 aromatic rings. The van der Waals surface area contributed by atoms with Crippen molar-refractivity contribution in [1.82, 2.24) is 9.97 Å². The Morgan fingerprint density at radius 1 is 1.35 bits per heavy atom. The van der Waals surface area contributed by atoms with Gasteiger partial charge in [-0.25, -0.2) is 9.97 Å². The average Bonchev–Trinajstić information content (AvgIpc) is 2.90. The maximum atomic E-state index is 5.32. The third-order valence-corrected chi connectivity index (χ3v) is 5.16. The number of hydrogen-bond acceptors (Lipinski definition) is 4. The first-order chi connectivity index (χ1) is 9.72. The molecule has 0 aliphatic rings. The van der Waals surface area contributed by atoms with Crippen molar-refractivity contribution in [1.29, 1.82) is 0 Å². The summed E-state index contributed by atoms with van der Waals surface area (Å²) in [5.41, 5.74) is 3.15. The molecule has 6 heteroatoms.